The van der Waals surface area contributed by atoms with Gasteiger partial charge in [-0.25, -0.2) is 0 Å². The summed E-state index contributed by atoms with van der Waals surface area (Å²) < 4.78 is 0. The van der Waals surface area contributed by atoms with Gasteiger partial charge in [0.05, 0.1) is 0 Å². The van der Waals surface area contributed by atoms with Crippen LogP contribution in [0.15, 0.2) is 60.0 Å². The molecule has 0 unspecified atom stereocenters. The largest absolute Gasteiger partial charge is 0.0901 e. The lowest BCUT2D eigenvalue weighted by Gasteiger charge is -2.06. The summed E-state index contributed by atoms with van der Waals surface area (Å²) in [6.07, 6.45) is 0. The van der Waals surface area contributed by atoms with E-state index in [-0.39, 0.29) is 0 Å². The van der Waals surface area contributed by atoms with Gasteiger partial charge in [0, 0.05) is 9.80 Å². The van der Waals surface area contributed by atoms with Crippen LogP contribution in [0.4, 0.5) is 0 Å². The van der Waals surface area contributed by atoms with Crippen LogP contribution in [-0.2, 0) is 0 Å². The lowest BCUT2D eigenvalue weighted by molar-refractivity contribution is 1.38. The quantitative estimate of drug-likeness (QED) is 0.675. The van der Waals surface area contributed by atoms with E-state index in [9.17, 15) is 0 Å². The zero-order chi connectivity index (χ0) is 12.3. The summed E-state index contributed by atoms with van der Waals surface area (Å²) in [5.41, 5.74) is 3.76. The molecular weight excluding hydrogens is 224 g/mol. The Morgan fingerprint density at radius 1 is 0.824 bits per heavy atom. The highest BCUT2D eigenvalue weighted by atomic mass is 32.2. The molecule has 1 heteroatoms. The van der Waals surface area contributed by atoms with Crippen LogP contribution in [0.2, 0.25) is 0 Å². The van der Waals surface area contributed by atoms with E-state index in [1.807, 2.05) is 0 Å². The van der Waals surface area contributed by atoms with E-state index in [1.165, 1.54) is 21.6 Å². The SMILES string of the molecule is C=C(Sc1ccc(C)cc1)c1ccc(C)cc1. The van der Waals surface area contributed by atoms with Gasteiger partial charge in [0.15, 0.2) is 0 Å². The van der Waals surface area contributed by atoms with E-state index in [0.717, 1.165) is 4.91 Å². The van der Waals surface area contributed by atoms with Gasteiger partial charge in [-0.15, -0.1) is 0 Å². The molecule has 0 saturated heterocycles. The van der Waals surface area contributed by atoms with Gasteiger partial charge in [-0.2, -0.15) is 0 Å². The normalized spacial score (nSPS) is 10.2. The molecule has 0 N–H and O–H groups in total. The Hall–Kier alpha value is -1.47. The molecule has 0 saturated carbocycles. The van der Waals surface area contributed by atoms with Crippen molar-refractivity contribution in [3.8, 4) is 0 Å². The third-order valence-corrected chi connectivity index (χ3v) is 3.63. The Morgan fingerprint density at radius 2 is 1.29 bits per heavy atom. The molecule has 0 nitrogen and oxygen atoms in total. The van der Waals surface area contributed by atoms with E-state index in [1.54, 1.807) is 11.8 Å². The molecule has 2 aromatic rings. The molecule has 2 rings (SSSR count). The smallest absolute Gasteiger partial charge is 0.0122 e. The first-order chi connectivity index (χ1) is 8.15. The second-order valence-electron chi connectivity index (χ2n) is 4.20. The van der Waals surface area contributed by atoms with Crippen molar-refractivity contribution in [2.24, 2.45) is 0 Å². The van der Waals surface area contributed by atoms with Crippen LogP contribution >= 0.6 is 11.8 Å². The van der Waals surface area contributed by atoms with Crippen LogP contribution in [0, 0.1) is 13.8 Å². The highest BCUT2D eigenvalue weighted by Gasteiger charge is 2.01. The van der Waals surface area contributed by atoms with Gasteiger partial charge in [-0.3, -0.25) is 0 Å². The third kappa shape index (κ3) is 3.24. The molecule has 17 heavy (non-hydrogen) atoms. The summed E-state index contributed by atoms with van der Waals surface area (Å²) in [4.78, 5) is 2.33. The lowest BCUT2D eigenvalue weighted by atomic mass is 10.1. The van der Waals surface area contributed by atoms with Gasteiger partial charge < -0.3 is 0 Å². The van der Waals surface area contributed by atoms with Gasteiger partial charge in [0.25, 0.3) is 0 Å². The second kappa shape index (κ2) is 5.24. The van der Waals surface area contributed by atoms with Crippen molar-refractivity contribution in [2.45, 2.75) is 18.7 Å². The summed E-state index contributed by atoms with van der Waals surface area (Å²) in [6.45, 7) is 8.33. The Morgan fingerprint density at radius 3 is 1.82 bits per heavy atom. The molecule has 0 aliphatic heterocycles. The van der Waals surface area contributed by atoms with Gasteiger partial charge in [-0.05, 0) is 31.5 Å². The predicted octanol–water partition coefficient (Wildman–Crippen LogP) is 5.07. The van der Waals surface area contributed by atoms with Crippen molar-refractivity contribution in [1.29, 1.82) is 0 Å². The third-order valence-electron chi connectivity index (χ3n) is 2.64. The van der Waals surface area contributed by atoms with Gasteiger partial charge in [0.2, 0.25) is 0 Å². The minimum Gasteiger partial charge on any atom is -0.0901 e. The van der Waals surface area contributed by atoms with Crippen LogP contribution in [0.25, 0.3) is 4.91 Å². The topological polar surface area (TPSA) is 0 Å². The Balaban J connectivity index is 2.11. The first-order valence-corrected chi connectivity index (χ1v) is 6.47. The monoisotopic (exact) mass is 240 g/mol. The van der Waals surface area contributed by atoms with E-state index in [0.29, 0.717) is 0 Å². The van der Waals surface area contributed by atoms with E-state index < -0.39 is 0 Å². The van der Waals surface area contributed by atoms with Crippen molar-refractivity contribution >= 4 is 16.7 Å². The molecule has 0 fully saturated rings. The average molecular weight is 240 g/mol. The van der Waals surface area contributed by atoms with Crippen LogP contribution in [0.5, 0.6) is 0 Å². The van der Waals surface area contributed by atoms with E-state index in [4.69, 9.17) is 0 Å². The van der Waals surface area contributed by atoms with Crippen molar-refractivity contribution in [1.82, 2.24) is 0 Å². The molecule has 0 aliphatic carbocycles. The average Bonchev–Trinajstić information content (AvgIpc) is 2.33. The molecule has 0 amide bonds. The summed E-state index contributed by atoms with van der Waals surface area (Å²) in [6, 6.07) is 17.0. The zero-order valence-electron chi connectivity index (χ0n) is 10.2. The van der Waals surface area contributed by atoms with Crippen LogP contribution in [0.3, 0.4) is 0 Å². The summed E-state index contributed by atoms with van der Waals surface area (Å²) in [5, 5.41) is 0. The Bertz CT molecular complexity index is 506. The number of thioether (sulfide) groups is 1. The molecular formula is C16H16S. The molecule has 2 aromatic carbocycles. The summed E-state index contributed by atoms with van der Waals surface area (Å²) in [5.74, 6) is 0. The van der Waals surface area contributed by atoms with Gasteiger partial charge in [0.1, 0.15) is 0 Å². The minimum absolute atomic E-state index is 1.09. The van der Waals surface area contributed by atoms with Crippen molar-refractivity contribution < 1.29 is 0 Å². The second-order valence-corrected chi connectivity index (χ2v) is 5.37. The molecule has 0 atom stereocenters. The fourth-order valence-corrected chi connectivity index (χ4v) is 2.36. The lowest BCUT2D eigenvalue weighted by Crippen LogP contribution is -1.80. The maximum Gasteiger partial charge on any atom is 0.0122 e. The highest BCUT2D eigenvalue weighted by Crippen LogP contribution is 2.32. The highest BCUT2D eigenvalue weighted by molar-refractivity contribution is 8.08. The molecule has 0 spiro atoms. The first kappa shape index (κ1) is 12.0. The standard InChI is InChI=1S/C16H16S/c1-12-4-8-15(9-5-12)14(3)17-16-10-6-13(2)7-11-16/h4-11H,3H2,1-2H3. The molecule has 0 aliphatic rings. The summed E-state index contributed by atoms with van der Waals surface area (Å²) >= 11 is 1.72. The predicted molar refractivity (Wildman–Crippen MR) is 77.2 cm³/mol. The minimum atomic E-state index is 1.09. The molecule has 0 bridgehead atoms. The van der Waals surface area contributed by atoms with Crippen LogP contribution < -0.4 is 0 Å². The van der Waals surface area contributed by atoms with Crippen LogP contribution in [0.1, 0.15) is 16.7 Å². The van der Waals surface area contributed by atoms with Crippen molar-refractivity contribution in [2.75, 3.05) is 0 Å². The van der Waals surface area contributed by atoms with Crippen LogP contribution in [-0.4, -0.2) is 0 Å². The Kier molecular flexibility index (Phi) is 3.70. The van der Waals surface area contributed by atoms with Gasteiger partial charge in [-0.1, -0.05) is 65.9 Å². The maximum absolute atomic E-state index is 4.14. The van der Waals surface area contributed by atoms with E-state index >= 15 is 0 Å². The molecule has 0 aromatic heterocycles. The van der Waals surface area contributed by atoms with Crippen molar-refractivity contribution in [3.63, 3.8) is 0 Å². The number of hydrogen-bond acceptors (Lipinski definition) is 1. The zero-order valence-corrected chi connectivity index (χ0v) is 11.1. The van der Waals surface area contributed by atoms with E-state index in [2.05, 4.69) is 69.0 Å². The molecule has 0 radical (unpaired) electrons. The maximum atomic E-state index is 4.14. The number of aryl methyl sites for hydroxylation is 2. The Labute approximate surface area is 107 Å². The fourth-order valence-electron chi connectivity index (χ4n) is 1.55. The summed E-state index contributed by atoms with van der Waals surface area (Å²) in [7, 11) is 0. The number of hydrogen-bond donors (Lipinski definition) is 0. The van der Waals surface area contributed by atoms with Crippen molar-refractivity contribution in [3.05, 3.63) is 71.8 Å². The molecule has 86 valence electrons. The molecule has 0 heterocycles. The fraction of sp³-hybridized carbons (Fsp3) is 0.125. The first-order valence-electron chi connectivity index (χ1n) is 5.65. The van der Waals surface area contributed by atoms with Gasteiger partial charge >= 0.3 is 0 Å². The number of rotatable bonds is 3. The number of benzene rings is 2.